The second-order valence-electron chi connectivity index (χ2n) is 7.06. The smallest absolute Gasteiger partial charge is 0.435 e. The Balaban J connectivity index is 2.24. The molecule has 0 radical (unpaired) electrons. The normalized spacial score (nSPS) is 16.6. The van der Waals surface area contributed by atoms with E-state index >= 15 is 0 Å². The number of amidine groups is 1. The van der Waals surface area contributed by atoms with Crippen molar-refractivity contribution in [1.82, 2.24) is 10.6 Å². The Morgan fingerprint density at radius 1 is 1.16 bits per heavy atom. The summed E-state index contributed by atoms with van der Waals surface area (Å²) in [5, 5.41) is 15.2. The highest BCUT2D eigenvalue weighted by molar-refractivity contribution is 6.11. The number of nitrogens with one attached hydrogen (secondary N) is 2. The summed E-state index contributed by atoms with van der Waals surface area (Å²) in [4.78, 5) is 52.5. The van der Waals surface area contributed by atoms with Crippen molar-refractivity contribution >= 4 is 29.6 Å². The van der Waals surface area contributed by atoms with Crippen LogP contribution >= 0.6 is 0 Å². The van der Waals surface area contributed by atoms with E-state index in [-0.39, 0.29) is 24.4 Å². The maximum absolute atomic E-state index is 12.8. The van der Waals surface area contributed by atoms with Gasteiger partial charge in [-0.15, -0.1) is 0 Å². The van der Waals surface area contributed by atoms with Crippen molar-refractivity contribution in [2.24, 2.45) is 10.7 Å². The van der Waals surface area contributed by atoms with Gasteiger partial charge in [0.15, 0.2) is 5.78 Å². The van der Waals surface area contributed by atoms with Gasteiger partial charge in [-0.3, -0.25) is 9.59 Å². The van der Waals surface area contributed by atoms with Gasteiger partial charge in [-0.1, -0.05) is 19.1 Å². The number of hydrogen-bond acceptors (Lipinski definition) is 7. The zero-order valence-electron chi connectivity index (χ0n) is 18.1. The predicted molar refractivity (Wildman–Crippen MR) is 114 cm³/mol. The Bertz CT molecular complexity index is 879. The molecule has 0 saturated carbocycles. The minimum absolute atomic E-state index is 0.0705. The maximum Gasteiger partial charge on any atom is 0.435 e. The van der Waals surface area contributed by atoms with Crippen LogP contribution in [0.5, 0.6) is 0 Å². The fourth-order valence-corrected chi connectivity index (χ4v) is 3.14. The number of aliphatic carboxylic acids is 1. The lowest BCUT2D eigenvalue weighted by Crippen LogP contribution is -2.63. The van der Waals surface area contributed by atoms with E-state index in [1.807, 2.05) is 0 Å². The number of piperidine rings is 1. The Kier molecular flexibility index (Phi) is 8.85. The number of Topliss-reactive ketones (excluding diaryl/α,β-unsaturated/α-hetero) is 1. The zero-order chi connectivity index (χ0) is 23.7. The van der Waals surface area contributed by atoms with Gasteiger partial charge in [-0.25, -0.2) is 9.59 Å². The summed E-state index contributed by atoms with van der Waals surface area (Å²) in [5.41, 5.74) is 3.69. The van der Waals surface area contributed by atoms with Gasteiger partial charge in [0.05, 0.1) is 12.7 Å². The van der Waals surface area contributed by atoms with Gasteiger partial charge in [-0.05, 0) is 45.0 Å². The molecule has 0 aliphatic carbocycles. The number of benzene rings is 1. The molecule has 1 aromatic rings. The van der Waals surface area contributed by atoms with Crippen molar-refractivity contribution < 1.29 is 33.8 Å². The molecule has 1 unspecified atom stereocenters. The van der Waals surface area contributed by atoms with Gasteiger partial charge in [0, 0.05) is 17.5 Å². The van der Waals surface area contributed by atoms with Crippen LogP contribution in [0.3, 0.4) is 0 Å². The number of rotatable bonds is 9. The average molecular weight is 448 g/mol. The lowest BCUT2D eigenvalue weighted by molar-refractivity contribution is -0.185. The number of nitrogens with two attached hydrogens (primary N) is 1. The topological polar surface area (TPSA) is 169 Å². The molecule has 1 aliphatic heterocycles. The molecule has 0 aromatic heterocycles. The molecule has 1 aliphatic rings. The fraction of sp³-hybridized carbons (Fsp3) is 0.476. The summed E-state index contributed by atoms with van der Waals surface area (Å²) < 4.78 is 10.4. The highest BCUT2D eigenvalue weighted by Crippen LogP contribution is 2.21. The first kappa shape index (κ1) is 25.0. The Morgan fingerprint density at radius 3 is 2.28 bits per heavy atom. The Hall–Kier alpha value is -3.31. The first-order valence-electron chi connectivity index (χ1n) is 10.3. The number of hydrogen-bond donors (Lipinski definition) is 4. The van der Waals surface area contributed by atoms with Gasteiger partial charge < -0.3 is 30.9 Å². The van der Waals surface area contributed by atoms with Crippen LogP contribution in [0.15, 0.2) is 29.3 Å². The number of ketones is 1. The van der Waals surface area contributed by atoms with Gasteiger partial charge in [0.25, 0.3) is 5.91 Å². The molecule has 1 fully saturated rings. The quantitative estimate of drug-likeness (QED) is 0.185. The highest BCUT2D eigenvalue weighted by Gasteiger charge is 2.50. The van der Waals surface area contributed by atoms with Gasteiger partial charge >= 0.3 is 17.8 Å². The average Bonchev–Trinajstić information content (AvgIpc) is 2.78. The van der Waals surface area contributed by atoms with Gasteiger partial charge in [0.1, 0.15) is 5.84 Å². The van der Waals surface area contributed by atoms with Crippen LogP contribution in [-0.2, 0) is 19.1 Å². The van der Waals surface area contributed by atoms with Crippen LogP contribution in [0.4, 0.5) is 4.79 Å². The van der Waals surface area contributed by atoms with Crippen LogP contribution < -0.4 is 16.4 Å². The molecule has 2 amide bonds. The maximum atomic E-state index is 12.8. The monoisotopic (exact) mass is 448 g/mol. The summed E-state index contributed by atoms with van der Waals surface area (Å²) in [7, 11) is 0. The second kappa shape index (κ2) is 11.3. The number of carboxylic acid groups (broad SMARTS) is 1. The van der Waals surface area contributed by atoms with Crippen molar-refractivity contribution in [3.8, 4) is 0 Å². The van der Waals surface area contributed by atoms with E-state index in [0.717, 1.165) is 0 Å². The summed E-state index contributed by atoms with van der Waals surface area (Å²) in [5.74, 6) is -3.26. The first-order chi connectivity index (χ1) is 15.2. The van der Waals surface area contributed by atoms with E-state index in [0.29, 0.717) is 31.5 Å². The molecule has 0 bridgehead atoms. The second-order valence-corrected chi connectivity index (χ2v) is 7.06. The SMILES string of the molecule is CCOC(=O)/N=C(\N)c1ccc(C(=O)NC(OC2CCNCC2)(C(=O)O)C(=O)CC)cc1. The lowest BCUT2D eigenvalue weighted by Gasteiger charge is -2.34. The van der Waals surface area contributed by atoms with Crippen molar-refractivity contribution in [2.45, 2.75) is 44.9 Å². The third kappa shape index (κ3) is 6.11. The summed E-state index contributed by atoms with van der Waals surface area (Å²) in [6, 6.07) is 5.60. The van der Waals surface area contributed by atoms with Crippen LogP contribution in [0.25, 0.3) is 0 Å². The number of carbonyl (C=O) groups is 4. The molecular formula is C21H28N4O7. The highest BCUT2D eigenvalue weighted by atomic mass is 16.6. The lowest BCUT2D eigenvalue weighted by atomic mass is 10.0. The van der Waals surface area contributed by atoms with E-state index < -0.39 is 35.6 Å². The van der Waals surface area contributed by atoms with Crippen LogP contribution in [0.2, 0.25) is 0 Å². The third-order valence-electron chi connectivity index (χ3n) is 4.86. The van der Waals surface area contributed by atoms with Crippen LogP contribution in [-0.4, -0.2) is 66.2 Å². The number of carbonyl (C=O) groups excluding carboxylic acids is 3. The molecule has 0 spiro atoms. The van der Waals surface area contributed by atoms with Crippen molar-refractivity contribution in [3.05, 3.63) is 35.4 Å². The first-order valence-corrected chi connectivity index (χ1v) is 10.3. The number of nitrogens with zero attached hydrogens (tertiary/aromatic N) is 1. The van der Waals surface area contributed by atoms with Crippen LogP contribution in [0.1, 0.15) is 49.0 Å². The molecule has 174 valence electrons. The molecule has 2 rings (SSSR count). The Labute approximate surface area is 185 Å². The molecule has 1 aromatic carbocycles. The number of aliphatic imine (C=N–C) groups is 1. The van der Waals surface area contributed by atoms with Crippen LogP contribution in [0, 0.1) is 0 Å². The number of ether oxygens (including phenoxy) is 2. The van der Waals surface area contributed by atoms with E-state index in [1.165, 1.54) is 31.2 Å². The molecule has 11 heteroatoms. The standard InChI is InChI=1S/C21H28N4O7/c1-3-16(26)21(19(28)29,32-15-9-11-23-12-10-15)25-18(27)14-7-5-13(6-8-14)17(22)24-20(30)31-4-2/h5-8,15,23H,3-4,9-12H2,1-2H3,(H,25,27)(H,28,29)(H2,22,24,30). The van der Waals surface area contributed by atoms with Crippen molar-refractivity contribution in [3.63, 3.8) is 0 Å². The summed E-state index contributed by atoms with van der Waals surface area (Å²) in [6.45, 7) is 4.51. The molecular weight excluding hydrogens is 420 g/mol. The van der Waals surface area contributed by atoms with Gasteiger partial charge in [-0.2, -0.15) is 4.99 Å². The molecule has 11 nitrogen and oxygen atoms in total. The minimum Gasteiger partial charge on any atom is -0.477 e. The fourth-order valence-electron chi connectivity index (χ4n) is 3.14. The van der Waals surface area contributed by atoms with Crippen molar-refractivity contribution in [1.29, 1.82) is 0 Å². The summed E-state index contributed by atoms with van der Waals surface area (Å²) >= 11 is 0. The molecule has 5 N–H and O–H groups in total. The molecule has 1 saturated heterocycles. The zero-order valence-corrected chi connectivity index (χ0v) is 18.1. The van der Waals surface area contributed by atoms with E-state index in [4.69, 9.17) is 15.2 Å². The summed E-state index contributed by atoms with van der Waals surface area (Å²) in [6.07, 6.45) is -0.460. The van der Waals surface area contributed by atoms with E-state index in [1.54, 1.807) is 6.92 Å². The number of carboxylic acids is 1. The van der Waals surface area contributed by atoms with E-state index in [9.17, 15) is 24.3 Å². The minimum atomic E-state index is -2.49. The third-order valence-corrected chi connectivity index (χ3v) is 4.86. The van der Waals surface area contributed by atoms with Gasteiger partial charge in [0.2, 0.25) is 0 Å². The van der Waals surface area contributed by atoms with E-state index in [2.05, 4.69) is 15.6 Å². The molecule has 1 heterocycles. The molecule has 32 heavy (non-hydrogen) atoms. The largest absolute Gasteiger partial charge is 0.477 e. The number of amides is 2. The van der Waals surface area contributed by atoms with Crippen molar-refractivity contribution in [2.75, 3.05) is 19.7 Å². The Morgan fingerprint density at radius 2 is 1.75 bits per heavy atom. The molecule has 1 atom stereocenters. The predicted octanol–water partition coefficient (Wildman–Crippen LogP) is 0.807.